The fraction of sp³-hybridized carbons (Fsp3) is 0.455. The van der Waals surface area contributed by atoms with E-state index in [1.807, 2.05) is 0 Å². The van der Waals surface area contributed by atoms with Crippen molar-refractivity contribution in [1.82, 2.24) is 0 Å². The molecule has 0 aliphatic rings. The van der Waals surface area contributed by atoms with Gasteiger partial charge in [0.1, 0.15) is 5.82 Å². The van der Waals surface area contributed by atoms with Gasteiger partial charge >= 0.3 is 0 Å². The number of rotatable bonds is 4. The molecule has 0 amide bonds. The molecule has 0 aliphatic carbocycles. The van der Waals surface area contributed by atoms with E-state index in [1.165, 1.54) is 31.2 Å². The van der Waals surface area contributed by atoms with E-state index in [0.717, 1.165) is 6.26 Å². The summed E-state index contributed by atoms with van der Waals surface area (Å²) < 4.78 is 35.0. The lowest BCUT2D eigenvalue weighted by molar-refractivity contribution is 0.173. The molecule has 0 aromatic heterocycles. The van der Waals surface area contributed by atoms with Gasteiger partial charge in [0.05, 0.1) is 11.4 Å². The van der Waals surface area contributed by atoms with Gasteiger partial charge in [-0.3, -0.25) is 0 Å². The monoisotopic (exact) mass is 246 g/mol. The number of halogens is 1. The molecule has 0 saturated heterocycles. The Labute approximate surface area is 94.8 Å². The number of sulfone groups is 1. The highest BCUT2D eigenvalue weighted by atomic mass is 32.2. The van der Waals surface area contributed by atoms with E-state index in [-0.39, 0.29) is 12.2 Å². The van der Waals surface area contributed by atoms with Crippen molar-refractivity contribution < 1.29 is 17.9 Å². The molecule has 1 aromatic carbocycles. The Balaban J connectivity index is 2.71. The first-order valence-corrected chi connectivity index (χ1v) is 6.87. The molecule has 1 N–H and O–H groups in total. The maximum Gasteiger partial charge on any atom is 0.152 e. The van der Waals surface area contributed by atoms with Gasteiger partial charge in [-0.05, 0) is 31.0 Å². The Bertz CT molecular complexity index is 439. The third kappa shape index (κ3) is 3.57. The zero-order valence-corrected chi connectivity index (χ0v) is 10.0. The van der Waals surface area contributed by atoms with Crippen molar-refractivity contribution in [2.24, 2.45) is 0 Å². The minimum absolute atomic E-state index is 0.203. The Kier molecular flexibility index (Phi) is 4.04. The van der Waals surface area contributed by atoms with Crippen LogP contribution >= 0.6 is 0 Å². The van der Waals surface area contributed by atoms with Crippen LogP contribution in [0.15, 0.2) is 24.3 Å². The van der Waals surface area contributed by atoms with Gasteiger partial charge in [-0.2, -0.15) is 0 Å². The third-order valence-electron chi connectivity index (χ3n) is 2.58. The van der Waals surface area contributed by atoms with Crippen molar-refractivity contribution in [3.8, 4) is 0 Å². The van der Waals surface area contributed by atoms with Gasteiger partial charge < -0.3 is 5.11 Å². The Morgan fingerprint density at radius 2 is 1.81 bits per heavy atom. The molecule has 1 rings (SSSR count). The smallest absolute Gasteiger partial charge is 0.152 e. The van der Waals surface area contributed by atoms with E-state index in [9.17, 15) is 17.9 Å². The van der Waals surface area contributed by atoms with Gasteiger partial charge in [-0.1, -0.05) is 12.1 Å². The molecule has 3 nitrogen and oxygen atoms in total. The molecule has 90 valence electrons. The zero-order valence-electron chi connectivity index (χ0n) is 9.22. The maximum absolute atomic E-state index is 12.6. The van der Waals surface area contributed by atoms with Gasteiger partial charge in [-0.25, -0.2) is 12.8 Å². The summed E-state index contributed by atoms with van der Waals surface area (Å²) in [5.74, 6) is -0.352. The second-order valence-electron chi connectivity index (χ2n) is 3.93. The van der Waals surface area contributed by atoms with E-state index < -0.39 is 21.2 Å². The summed E-state index contributed by atoms with van der Waals surface area (Å²) in [4.78, 5) is 0. The summed E-state index contributed by atoms with van der Waals surface area (Å²) in [6.07, 6.45) is 0.320. The van der Waals surface area contributed by atoms with Crippen LogP contribution in [-0.2, 0) is 16.3 Å². The van der Waals surface area contributed by atoms with E-state index in [2.05, 4.69) is 0 Å². The standard InChI is InChI=1S/C11H15FO3S/c1-8(16(2,14)15)11(13)7-9-3-5-10(12)6-4-9/h3-6,8,11,13H,7H2,1-2H3. The van der Waals surface area contributed by atoms with Gasteiger partial charge in [-0.15, -0.1) is 0 Å². The highest BCUT2D eigenvalue weighted by molar-refractivity contribution is 7.91. The molecular formula is C11H15FO3S. The average molecular weight is 246 g/mol. The minimum Gasteiger partial charge on any atom is -0.391 e. The molecule has 16 heavy (non-hydrogen) atoms. The molecule has 1 aromatic rings. The largest absolute Gasteiger partial charge is 0.391 e. The second kappa shape index (κ2) is 4.93. The SMILES string of the molecule is CC(C(O)Cc1ccc(F)cc1)S(C)(=O)=O. The number of benzene rings is 1. The number of aliphatic hydroxyl groups is 1. The number of aliphatic hydroxyl groups excluding tert-OH is 1. The lowest BCUT2D eigenvalue weighted by atomic mass is 10.1. The van der Waals surface area contributed by atoms with Gasteiger partial charge in [0.25, 0.3) is 0 Å². The van der Waals surface area contributed by atoms with Crippen LogP contribution in [0.1, 0.15) is 12.5 Å². The van der Waals surface area contributed by atoms with Crippen LogP contribution in [0.3, 0.4) is 0 Å². The number of hydrogen-bond donors (Lipinski definition) is 1. The predicted octanol–water partition coefficient (Wildman–Crippen LogP) is 1.16. The lowest BCUT2D eigenvalue weighted by Crippen LogP contribution is -2.32. The maximum atomic E-state index is 12.6. The Morgan fingerprint density at radius 1 is 1.31 bits per heavy atom. The van der Waals surface area contributed by atoms with Crippen molar-refractivity contribution in [2.45, 2.75) is 24.7 Å². The molecular weight excluding hydrogens is 231 g/mol. The Morgan fingerprint density at radius 3 is 2.25 bits per heavy atom. The minimum atomic E-state index is -3.25. The lowest BCUT2D eigenvalue weighted by Gasteiger charge is -2.17. The fourth-order valence-corrected chi connectivity index (χ4v) is 1.98. The van der Waals surface area contributed by atoms with Crippen molar-refractivity contribution in [3.05, 3.63) is 35.6 Å². The predicted molar refractivity (Wildman–Crippen MR) is 60.4 cm³/mol. The summed E-state index contributed by atoms with van der Waals surface area (Å²) in [6, 6.07) is 5.64. The van der Waals surface area contributed by atoms with Crippen molar-refractivity contribution in [2.75, 3.05) is 6.26 Å². The third-order valence-corrected chi connectivity index (χ3v) is 4.24. The zero-order chi connectivity index (χ0) is 12.3. The normalized spacial score (nSPS) is 15.8. The second-order valence-corrected chi connectivity index (χ2v) is 6.34. The summed E-state index contributed by atoms with van der Waals surface area (Å²) in [7, 11) is -3.25. The van der Waals surface area contributed by atoms with Crippen molar-refractivity contribution in [1.29, 1.82) is 0 Å². The van der Waals surface area contributed by atoms with Crippen molar-refractivity contribution >= 4 is 9.84 Å². The molecule has 0 fully saturated rings. The van der Waals surface area contributed by atoms with Crippen LogP contribution in [0.4, 0.5) is 4.39 Å². The van der Waals surface area contributed by atoms with Crippen LogP contribution in [-0.4, -0.2) is 31.1 Å². The van der Waals surface area contributed by atoms with Crippen LogP contribution in [0.25, 0.3) is 0 Å². The molecule has 0 radical (unpaired) electrons. The highest BCUT2D eigenvalue weighted by Gasteiger charge is 2.23. The first-order valence-electron chi connectivity index (χ1n) is 4.92. The van der Waals surface area contributed by atoms with Gasteiger partial charge in [0.2, 0.25) is 0 Å². The summed E-state index contributed by atoms with van der Waals surface area (Å²) in [5, 5.41) is 8.88. The summed E-state index contributed by atoms with van der Waals surface area (Å²) in [6.45, 7) is 1.46. The first-order chi connectivity index (χ1) is 7.30. The van der Waals surface area contributed by atoms with E-state index in [1.54, 1.807) is 0 Å². The molecule has 2 atom stereocenters. The summed E-state index contributed by atoms with van der Waals surface area (Å²) in [5.41, 5.74) is 0.712. The van der Waals surface area contributed by atoms with Gasteiger partial charge in [0.15, 0.2) is 9.84 Å². The van der Waals surface area contributed by atoms with Crippen LogP contribution in [0, 0.1) is 5.82 Å². The van der Waals surface area contributed by atoms with E-state index >= 15 is 0 Å². The van der Waals surface area contributed by atoms with Crippen LogP contribution in [0.2, 0.25) is 0 Å². The van der Waals surface area contributed by atoms with Crippen molar-refractivity contribution in [3.63, 3.8) is 0 Å². The molecule has 2 unspecified atom stereocenters. The molecule has 5 heteroatoms. The Hall–Kier alpha value is -0.940. The summed E-state index contributed by atoms with van der Waals surface area (Å²) >= 11 is 0. The highest BCUT2D eigenvalue weighted by Crippen LogP contribution is 2.11. The molecule has 0 saturated carbocycles. The quantitative estimate of drug-likeness (QED) is 0.867. The van der Waals surface area contributed by atoms with Gasteiger partial charge in [0, 0.05) is 6.26 Å². The molecule has 0 bridgehead atoms. The fourth-order valence-electron chi connectivity index (χ4n) is 1.31. The molecule has 0 aliphatic heterocycles. The van der Waals surface area contributed by atoms with E-state index in [0.29, 0.717) is 5.56 Å². The van der Waals surface area contributed by atoms with E-state index in [4.69, 9.17) is 0 Å². The van der Waals surface area contributed by atoms with Crippen LogP contribution < -0.4 is 0 Å². The average Bonchev–Trinajstić information content (AvgIpc) is 2.19. The topological polar surface area (TPSA) is 54.4 Å². The van der Waals surface area contributed by atoms with Crippen LogP contribution in [0.5, 0.6) is 0 Å². The molecule has 0 spiro atoms. The number of hydrogen-bond acceptors (Lipinski definition) is 3. The first kappa shape index (κ1) is 13.1. The molecule has 0 heterocycles.